The first kappa shape index (κ1) is 17.8. The normalized spacial score (nSPS) is 16.2. The minimum atomic E-state index is -3.75. The van der Waals surface area contributed by atoms with Crippen molar-refractivity contribution in [2.45, 2.75) is 51.0 Å². The molecule has 0 bridgehead atoms. The molecule has 1 aliphatic rings. The van der Waals surface area contributed by atoms with Gasteiger partial charge in [0.15, 0.2) is 0 Å². The van der Waals surface area contributed by atoms with Crippen molar-refractivity contribution in [2.24, 2.45) is 5.14 Å². The van der Waals surface area contributed by atoms with Crippen LogP contribution in [0.1, 0.15) is 37.0 Å². The van der Waals surface area contributed by atoms with Gasteiger partial charge in [0.1, 0.15) is 17.1 Å². The van der Waals surface area contributed by atoms with Crippen molar-refractivity contribution in [3.05, 3.63) is 41.0 Å². The number of hydrogen-bond acceptors (Lipinski definition) is 4. The first-order chi connectivity index (χ1) is 11.5. The van der Waals surface area contributed by atoms with E-state index < -0.39 is 10.0 Å². The number of benzene rings is 2. The van der Waals surface area contributed by atoms with Crippen LogP contribution in [0.25, 0.3) is 11.1 Å². The number of phenolic OH excluding ortho intramolecular Hbond substituents is 1. The van der Waals surface area contributed by atoms with E-state index in [1.165, 1.54) is 12.1 Å². The van der Waals surface area contributed by atoms with Crippen LogP contribution in [0, 0.1) is 13.8 Å². The minimum Gasteiger partial charge on any atom is -0.507 e. The monoisotopic (exact) mass is 361 g/mol. The summed E-state index contributed by atoms with van der Waals surface area (Å²) in [7, 11) is -3.75. The Labute approximate surface area is 148 Å². The molecule has 25 heavy (non-hydrogen) atoms. The van der Waals surface area contributed by atoms with Crippen LogP contribution in [0.2, 0.25) is 0 Å². The van der Waals surface area contributed by atoms with Crippen molar-refractivity contribution >= 4 is 10.0 Å². The molecule has 134 valence electrons. The third-order valence-corrected chi connectivity index (χ3v) is 5.83. The van der Waals surface area contributed by atoms with E-state index in [1.807, 2.05) is 13.8 Å². The highest BCUT2D eigenvalue weighted by Gasteiger charge is 2.32. The molecule has 5 nitrogen and oxygen atoms in total. The Morgan fingerprint density at radius 2 is 1.72 bits per heavy atom. The number of hydrogen-bond donors (Lipinski definition) is 2. The fourth-order valence-electron chi connectivity index (χ4n) is 3.27. The van der Waals surface area contributed by atoms with Crippen LogP contribution in [-0.4, -0.2) is 19.1 Å². The molecular weight excluding hydrogens is 338 g/mol. The van der Waals surface area contributed by atoms with E-state index >= 15 is 0 Å². The predicted molar refractivity (Wildman–Crippen MR) is 97.4 cm³/mol. The third-order valence-electron chi connectivity index (χ3n) is 4.90. The molecule has 0 unspecified atom stereocenters. The Bertz CT molecular complexity index is 945. The fraction of sp³-hybridized carbons (Fsp3) is 0.368. The quantitative estimate of drug-likeness (QED) is 0.857. The van der Waals surface area contributed by atoms with Crippen molar-refractivity contribution in [1.82, 2.24) is 0 Å². The van der Waals surface area contributed by atoms with Crippen LogP contribution in [0.5, 0.6) is 11.5 Å². The lowest BCUT2D eigenvalue weighted by Gasteiger charge is -2.35. The molecule has 3 N–H and O–H groups in total. The zero-order valence-corrected chi connectivity index (χ0v) is 15.7. The number of primary sulfonamides is 1. The summed E-state index contributed by atoms with van der Waals surface area (Å²) in [5.74, 6) is 1.03. The van der Waals surface area contributed by atoms with Crippen molar-refractivity contribution in [3.63, 3.8) is 0 Å². The number of aromatic hydroxyl groups is 1. The van der Waals surface area contributed by atoms with E-state index in [0.29, 0.717) is 5.56 Å². The molecule has 0 amide bonds. The molecule has 0 radical (unpaired) electrons. The van der Waals surface area contributed by atoms with E-state index in [4.69, 9.17) is 9.88 Å². The number of nitrogens with two attached hydrogens (primary N) is 1. The number of phenols is 1. The predicted octanol–water partition coefficient (Wildman–Crippen LogP) is 3.43. The Morgan fingerprint density at radius 3 is 2.28 bits per heavy atom. The summed E-state index contributed by atoms with van der Waals surface area (Å²) in [5, 5.41) is 15.9. The molecule has 3 rings (SSSR count). The summed E-state index contributed by atoms with van der Waals surface area (Å²) in [6, 6.07) is 6.26. The lowest BCUT2D eigenvalue weighted by molar-refractivity contribution is 0.0836. The van der Waals surface area contributed by atoms with Gasteiger partial charge in [-0.2, -0.15) is 0 Å². The number of sulfonamides is 1. The van der Waals surface area contributed by atoms with Gasteiger partial charge in [0.05, 0.1) is 4.90 Å². The molecule has 0 saturated carbocycles. The van der Waals surface area contributed by atoms with Gasteiger partial charge >= 0.3 is 0 Å². The smallest absolute Gasteiger partial charge is 0.238 e. The molecule has 0 aliphatic carbocycles. The van der Waals surface area contributed by atoms with Crippen LogP contribution in [0.15, 0.2) is 29.2 Å². The van der Waals surface area contributed by atoms with Gasteiger partial charge in [0.25, 0.3) is 0 Å². The van der Waals surface area contributed by atoms with Gasteiger partial charge in [0.2, 0.25) is 10.0 Å². The average Bonchev–Trinajstić information content (AvgIpc) is 2.53. The summed E-state index contributed by atoms with van der Waals surface area (Å²) in [5.41, 5.74) is 3.85. The molecule has 1 heterocycles. The van der Waals surface area contributed by atoms with Gasteiger partial charge in [-0.15, -0.1) is 0 Å². The first-order valence-electron chi connectivity index (χ1n) is 8.18. The molecule has 2 aromatic carbocycles. The fourth-order valence-corrected chi connectivity index (χ4v) is 3.79. The summed E-state index contributed by atoms with van der Waals surface area (Å²) in [4.78, 5) is 0.0471. The lowest BCUT2D eigenvalue weighted by Crippen LogP contribution is -2.33. The molecule has 0 fully saturated rings. The van der Waals surface area contributed by atoms with Gasteiger partial charge in [-0.3, -0.25) is 0 Å². The second-order valence-electron chi connectivity index (χ2n) is 7.21. The molecule has 6 heteroatoms. The summed E-state index contributed by atoms with van der Waals surface area (Å²) in [6.07, 6.45) is 1.62. The van der Waals surface area contributed by atoms with Crippen LogP contribution in [-0.2, 0) is 16.4 Å². The van der Waals surface area contributed by atoms with Crippen LogP contribution in [0.4, 0.5) is 0 Å². The summed E-state index contributed by atoms with van der Waals surface area (Å²) in [6.45, 7) is 7.91. The number of fused-ring (bicyclic) bond motifs is 1. The van der Waals surface area contributed by atoms with Gasteiger partial charge in [-0.25, -0.2) is 13.6 Å². The maximum absolute atomic E-state index is 11.5. The SMILES string of the molecule is Cc1c(C)c2c(c(-c3ccc(S(N)(=O)=O)cc3)c1O)CCC(C)(C)O2. The van der Waals surface area contributed by atoms with Crippen LogP contribution >= 0.6 is 0 Å². The lowest BCUT2D eigenvalue weighted by atomic mass is 9.85. The second-order valence-corrected chi connectivity index (χ2v) is 8.77. The van der Waals surface area contributed by atoms with Gasteiger partial charge < -0.3 is 9.84 Å². The van der Waals surface area contributed by atoms with Gasteiger partial charge in [0, 0.05) is 11.1 Å². The second kappa shape index (κ2) is 5.75. The van der Waals surface area contributed by atoms with Crippen molar-refractivity contribution in [1.29, 1.82) is 0 Å². The molecule has 1 aliphatic heterocycles. The third kappa shape index (κ3) is 3.12. The summed E-state index contributed by atoms with van der Waals surface area (Å²) >= 11 is 0. The minimum absolute atomic E-state index is 0.0471. The highest BCUT2D eigenvalue weighted by Crippen LogP contribution is 2.47. The molecule has 0 saturated heterocycles. The molecule has 0 atom stereocenters. The molecule has 0 aromatic heterocycles. The Morgan fingerprint density at radius 1 is 1.12 bits per heavy atom. The van der Waals surface area contributed by atoms with Gasteiger partial charge in [-0.1, -0.05) is 12.1 Å². The molecular formula is C19H23NO4S. The molecule has 2 aromatic rings. The van der Waals surface area contributed by atoms with E-state index in [9.17, 15) is 13.5 Å². The maximum Gasteiger partial charge on any atom is 0.238 e. The van der Waals surface area contributed by atoms with Crippen molar-refractivity contribution < 1.29 is 18.3 Å². The van der Waals surface area contributed by atoms with E-state index in [-0.39, 0.29) is 16.2 Å². The first-order valence-corrected chi connectivity index (χ1v) is 9.73. The van der Waals surface area contributed by atoms with Crippen molar-refractivity contribution in [3.8, 4) is 22.6 Å². The van der Waals surface area contributed by atoms with E-state index in [1.54, 1.807) is 12.1 Å². The summed E-state index contributed by atoms with van der Waals surface area (Å²) < 4.78 is 29.1. The van der Waals surface area contributed by atoms with Gasteiger partial charge in [-0.05, 0) is 69.4 Å². The van der Waals surface area contributed by atoms with Crippen LogP contribution in [0.3, 0.4) is 0 Å². The highest BCUT2D eigenvalue weighted by atomic mass is 32.2. The number of rotatable bonds is 2. The Kier molecular flexibility index (Phi) is 4.08. The Balaban J connectivity index is 2.22. The average molecular weight is 361 g/mol. The Hall–Kier alpha value is -2.05. The highest BCUT2D eigenvalue weighted by molar-refractivity contribution is 7.89. The van der Waals surface area contributed by atoms with E-state index in [0.717, 1.165) is 40.8 Å². The topological polar surface area (TPSA) is 89.6 Å². The zero-order chi connectivity index (χ0) is 18.6. The maximum atomic E-state index is 11.5. The standard InChI is InChI=1S/C19H23NO4S/c1-11-12(2)18-15(9-10-19(3,4)24-18)16(17(11)21)13-5-7-14(8-6-13)25(20,22)23/h5-8,21H,9-10H2,1-4H3,(H2,20,22,23). The largest absolute Gasteiger partial charge is 0.507 e. The zero-order valence-electron chi connectivity index (χ0n) is 14.9. The van der Waals surface area contributed by atoms with Crippen LogP contribution < -0.4 is 9.88 Å². The molecule has 0 spiro atoms. The number of ether oxygens (including phenoxy) is 1. The van der Waals surface area contributed by atoms with E-state index in [2.05, 4.69) is 13.8 Å². The van der Waals surface area contributed by atoms with Crippen molar-refractivity contribution in [2.75, 3.05) is 0 Å².